The second-order valence-corrected chi connectivity index (χ2v) is 5.28. The van der Waals surface area contributed by atoms with Crippen LogP contribution in [0.1, 0.15) is 29.6 Å². The molecule has 1 aromatic carbocycles. The number of anilines is 1. The standard InChI is InChI=1S/C17H22N2O4/c1-11-10-15(12(2)23-11)16(20)8-9-18-17(21)19-13-4-6-14(22-3)7-5-13/h4-7,10,16,20H,8-9H2,1-3H3,(H2,18,19,21). The molecular weight excluding hydrogens is 296 g/mol. The molecule has 23 heavy (non-hydrogen) atoms. The van der Waals surface area contributed by atoms with E-state index >= 15 is 0 Å². The summed E-state index contributed by atoms with van der Waals surface area (Å²) < 4.78 is 10.4. The fourth-order valence-corrected chi connectivity index (χ4v) is 2.31. The summed E-state index contributed by atoms with van der Waals surface area (Å²) in [4.78, 5) is 11.8. The normalized spacial score (nSPS) is 11.8. The van der Waals surface area contributed by atoms with Crippen LogP contribution in [0, 0.1) is 13.8 Å². The topological polar surface area (TPSA) is 83.7 Å². The maximum atomic E-state index is 11.8. The molecule has 0 saturated carbocycles. The number of carbonyl (C=O) groups is 1. The fourth-order valence-electron chi connectivity index (χ4n) is 2.31. The SMILES string of the molecule is COc1ccc(NC(=O)NCCC(O)c2cc(C)oc2C)cc1. The number of methoxy groups -OCH3 is 1. The van der Waals surface area contributed by atoms with Crippen molar-refractivity contribution >= 4 is 11.7 Å². The third kappa shape index (κ3) is 4.75. The minimum Gasteiger partial charge on any atom is -0.497 e. The van der Waals surface area contributed by atoms with Crippen LogP contribution < -0.4 is 15.4 Å². The lowest BCUT2D eigenvalue weighted by Gasteiger charge is -2.11. The highest BCUT2D eigenvalue weighted by Gasteiger charge is 2.14. The van der Waals surface area contributed by atoms with Gasteiger partial charge in [-0.15, -0.1) is 0 Å². The molecule has 6 nitrogen and oxygen atoms in total. The van der Waals surface area contributed by atoms with E-state index in [4.69, 9.17) is 9.15 Å². The number of aryl methyl sites for hydroxylation is 2. The van der Waals surface area contributed by atoms with Crippen molar-refractivity contribution in [2.24, 2.45) is 0 Å². The van der Waals surface area contributed by atoms with Crippen LogP contribution in [0.4, 0.5) is 10.5 Å². The third-order valence-electron chi connectivity index (χ3n) is 3.49. The lowest BCUT2D eigenvalue weighted by molar-refractivity contribution is 0.165. The highest BCUT2D eigenvalue weighted by Crippen LogP contribution is 2.23. The van der Waals surface area contributed by atoms with E-state index in [1.807, 2.05) is 19.9 Å². The molecule has 0 aliphatic heterocycles. The van der Waals surface area contributed by atoms with Gasteiger partial charge in [-0.3, -0.25) is 0 Å². The molecule has 2 amide bonds. The summed E-state index contributed by atoms with van der Waals surface area (Å²) in [5, 5.41) is 15.6. The molecule has 0 aliphatic rings. The van der Waals surface area contributed by atoms with Crippen LogP contribution in [0.3, 0.4) is 0 Å². The van der Waals surface area contributed by atoms with Crippen LogP contribution in [0.2, 0.25) is 0 Å². The van der Waals surface area contributed by atoms with Gasteiger partial charge in [-0.05, 0) is 50.6 Å². The van der Waals surface area contributed by atoms with Crippen molar-refractivity contribution in [2.45, 2.75) is 26.4 Å². The van der Waals surface area contributed by atoms with Gasteiger partial charge in [0.25, 0.3) is 0 Å². The molecule has 1 unspecified atom stereocenters. The van der Waals surface area contributed by atoms with Gasteiger partial charge >= 0.3 is 6.03 Å². The van der Waals surface area contributed by atoms with E-state index in [2.05, 4.69) is 10.6 Å². The Hall–Kier alpha value is -2.47. The quantitative estimate of drug-likeness (QED) is 0.764. The minimum absolute atomic E-state index is 0.317. The van der Waals surface area contributed by atoms with E-state index < -0.39 is 6.10 Å². The number of aliphatic hydroxyl groups is 1. The summed E-state index contributed by atoms with van der Waals surface area (Å²) in [5.74, 6) is 2.20. The molecule has 0 radical (unpaired) electrons. The number of nitrogens with one attached hydrogen (secondary N) is 2. The molecule has 0 bridgehead atoms. The average Bonchev–Trinajstić information content (AvgIpc) is 2.86. The van der Waals surface area contributed by atoms with Crippen LogP contribution in [-0.4, -0.2) is 24.8 Å². The Morgan fingerprint density at radius 2 is 2.00 bits per heavy atom. The molecule has 1 atom stereocenters. The molecule has 0 saturated heterocycles. The first-order valence-corrected chi connectivity index (χ1v) is 7.43. The average molecular weight is 318 g/mol. The number of benzene rings is 1. The first-order valence-electron chi connectivity index (χ1n) is 7.43. The molecule has 2 aromatic rings. The molecule has 6 heteroatoms. The Balaban J connectivity index is 1.76. The van der Waals surface area contributed by atoms with Crippen LogP contribution in [0.25, 0.3) is 0 Å². The van der Waals surface area contributed by atoms with Crippen molar-refractivity contribution in [3.05, 3.63) is 47.4 Å². The zero-order chi connectivity index (χ0) is 16.8. The third-order valence-corrected chi connectivity index (χ3v) is 3.49. The van der Waals surface area contributed by atoms with Gasteiger partial charge in [-0.1, -0.05) is 0 Å². The molecule has 2 rings (SSSR count). The molecule has 0 fully saturated rings. The van der Waals surface area contributed by atoms with E-state index in [1.165, 1.54) is 0 Å². The maximum Gasteiger partial charge on any atom is 0.319 e. The van der Waals surface area contributed by atoms with Crippen molar-refractivity contribution in [1.29, 1.82) is 0 Å². The van der Waals surface area contributed by atoms with Crippen molar-refractivity contribution in [1.82, 2.24) is 5.32 Å². The number of amides is 2. The number of rotatable bonds is 6. The number of furan rings is 1. The summed E-state index contributed by atoms with van der Waals surface area (Å²) in [7, 11) is 1.59. The number of urea groups is 1. The Morgan fingerprint density at radius 1 is 1.30 bits per heavy atom. The van der Waals surface area contributed by atoms with Crippen LogP contribution >= 0.6 is 0 Å². The predicted octanol–water partition coefficient (Wildman–Crippen LogP) is 3.15. The van der Waals surface area contributed by atoms with Gasteiger partial charge in [0.05, 0.1) is 13.2 Å². The van der Waals surface area contributed by atoms with Gasteiger partial charge in [0, 0.05) is 17.8 Å². The van der Waals surface area contributed by atoms with Crippen LogP contribution in [0.5, 0.6) is 5.75 Å². The van der Waals surface area contributed by atoms with Crippen molar-refractivity contribution in [3.8, 4) is 5.75 Å². The number of hydrogen-bond acceptors (Lipinski definition) is 4. The van der Waals surface area contributed by atoms with Crippen molar-refractivity contribution in [2.75, 3.05) is 19.0 Å². The first kappa shape index (κ1) is 16.9. The van der Waals surface area contributed by atoms with E-state index in [1.54, 1.807) is 31.4 Å². The van der Waals surface area contributed by atoms with Gasteiger partial charge in [0.1, 0.15) is 17.3 Å². The summed E-state index contributed by atoms with van der Waals surface area (Å²) in [6.45, 7) is 4.01. The van der Waals surface area contributed by atoms with Gasteiger partial charge in [-0.25, -0.2) is 4.79 Å². The molecule has 124 valence electrons. The minimum atomic E-state index is -0.659. The zero-order valence-corrected chi connectivity index (χ0v) is 13.6. The fraction of sp³-hybridized carbons (Fsp3) is 0.353. The molecule has 0 aliphatic carbocycles. The smallest absolute Gasteiger partial charge is 0.319 e. The Kier molecular flexibility index (Phi) is 5.65. The van der Waals surface area contributed by atoms with E-state index in [0.717, 1.165) is 17.1 Å². The summed E-state index contributed by atoms with van der Waals surface area (Å²) in [6.07, 6.45) is -0.246. The first-order chi connectivity index (χ1) is 11.0. The van der Waals surface area contributed by atoms with Crippen LogP contribution in [0.15, 0.2) is 34.7 Å². The molecule has 1 aromatic heterocycles. The van der Waals surface area contributed by atoms with Gasteiger partial charge in [-0.2, -0.15) is 0 Å². The largest absolute Gasteiger partial charge is 0.497 e. The molecule has 3 N–H and O–H groups in total. The highest BCUT2D eigenvalue weighted by molar-refractivity contribution is 5.89. The number of aliphatic hydroxyl groups excluding tert-OH is 1. The zero-order valence-electron chi connectivity index (χ0n) is 13.6. The number of hydrogen-bond donors (Lipinski definition) is 3. The van der Waals surface area contributed by atoms with Gasteiger partial charge in [0.15, 0.2) is 0 Å². The van der Waals surface area contributed by atoms with E-state index in [9.17, 15) is 9.90 Å². The summed E-state index contributed by atoms with van der Waals surface area (Å²) in [6, 6.07) is 8.54. The second-order valence-electron chi connectivity index (χ2n) is 5.28. The number of carbonyl (C=O) groups excluding carboxylic acids is 1. The molecule has 1 heterocycles. The van der Waals surface area contributed by atoms with Gasteiger partial charge in [0.2, 0.25) is 0 Å². The number of ether oxygens (including phenoxy) is 1. The Morgan fingerprint density at radius 3 is 2.57 bits per heavy atom. The lowest BCUT2D eigenvalue weighted by Crippen LogP contribution is -2.30. The van der Waals surface area contributed by atoms with Crippen molar-refractivity contribution in [3.63, 3.8) is 0 Å². The maximum absolute atomic E-state index is 11.8. The monoisotopic (exact) mass is 318 g/mol. The Bertz CT molecular complexity index is 649. The molecular formula is C17H22N2O4. The molecule has 0 spiro atoms. The van der Waals surface area contributed by atoms with E-state index in [0.29, 0.717) is 24.4 Å². The second kappa shape index (κ2) is 7.69. The highest BCUT2D eigenvalue weighted by atomic mass is 16.5. The lowest BCUT2D eigenvalue weighted by atomic mass is 10.1. The summed E-state index contributed by atoms with van der Waals surface area (Å²) in [5.41, 5.74) is 1.44. The Labute approximate surface area is 135 Å². The van der Waals surface area contributed by atoms with Gasteiger partial charge < -0.3 is 24.9 Å². The van der Waals surface area contributed by atoms with Crippen molar-refractivity contribution < 1.29 is 19.1 Å². The predicted molar refractivity (Wildman–Crippen MR) is 87.8 cm³/mol. The summed E-state index contributed by atoms with van der Waals surface area (Å²) >= 11 is 0. The van der Waals surface area contributed by atoms with Crippen LogP contribution in [-0.2, 0) is 0 Å². The van der Waals surface area contributed by atoms with E-state index in [-0.39, 0.29) is 6.03 Å².